The molecule has 4 heteroatoms. The third-order valence-corrected chi connectivity index (χ3v) is 5.54. The molecule has 2 rings (SSSR count). The molecule has 20 heavy (non-hydrogen) atoms. The van der Waals surface area contributed by atoms with Crippen molar-refractivity contribution in [2.75, 3.05) is 0 Å². The highest BCUT2D eigenvalue weighted by Crippen LogP contribution is 2.15. The van der Waals surface area contributed by atoms with Gasteiger partial charge in [-0.3, -0.25) is 0 Å². The van der Waals surface area contributed by atoms with Gasteiger partial charge in [0.25, 0.3) is 0 Å². The number of rotatable bonds is 0. The summed E-state index contributed by atoms with van der Waals surface area (Å²) in [5, 5.41) is 0. The van der Waals surface area contributed by atoms with Crippen LogP contribution in [0.5, 0.6) is 0 Å². The van der Waals surface area contributed by atoms with Gasteiger partial charge in [-0.1, -0.05) is 11.8 Å². The minimum Gasteiger partial charge on any atom is -0.0517 e. The molecule has 0 atom stereocenters. The monoisotopic (exact) mass is 706 g/mol. The second-order valence-electron chi connectivity index (χ2n) is 3.75. The van der Waals surface area contributed by atoms with E-state index in [9.17, 15) is 0 Å². The SMILES string of the molecule is Ic1ccc(I)c(C#CC#Cc2cc(I)ccc2I)c1. The van der Waals surface area contributed by atoms with Crippen molar-refractivity contribution < 1.29 is 0 Å². The van der Waals surface area contributed by atoms with Crippen LogP contribution >= 0.6 is 90.4 Å². The Labute approximate surface area is 173 Å². The lowest BCUT2D eigenvalue weighted by Gasteiger charge is -1.96. The van der Waals surface area contributed by atoms with Crippen LogP contribution in [0.2, 0.25) is 0 Å². The maximum atomic E-state index is 3.12. The van der Waals surface area contributed by atoms with Gasteiger partial charge in [0.1, 0.15) is 0 Å². The van der Waals surface area contributed by atoms with Crippen molar-refractivity contribution >= 4 is 90.4 Å². The Morgan fingerprint density at radius 2 is 1.00 bits per heavy atom. The topological polar surface area (TPSA) is 0 Å². The summed E-state index contributed by atoms with van der Waals surface area (Å²) in [5.41, 5.74) is 2.06. The highest BCUT2D eigenvalue weighted by atomic mass is 127. The molecule has 0 fully saturated rings. The third-order valence-electron chi connectivity index (χ3n) is 2.31. The number of benzene rings is 2. The molecule has 0 saturated heterocycles. The Morgan fingerprint density at radius 3 is 1.40 bits per heavy atom. The fourth-order valence-electron chi connectivity index (χ4n) is 1.38. The van der Waals surface area contributed by atoms with Crippen molar-refractivity contribution in [1.29, 1.82) is 0 Å². The van der Waals surface area contributed by atoms with Crippen LogP contribution in [0, 0.1) is 38.0 Å². The molecular formula is C16H6I4. The van der Waals surface area contributed by atoms with Crippen LogP contribution in [0.25, 0.3) is 0 Å². The quantitative estimate of drug-likeness (QED) is 0.251. The molecule has 0 amide bonds. The maximum Gasteiger partial charge on any atom is 0.0399 e. The first-order valence-electron chi connectivity index (χ1n) is 5.48. The molecular weight excluding hydrogens is 700 g/mol. The fraction of sp³-hybridized carbons (Fsp3) is 0. The van der Waals surface area contributed by atoms with E-state index < -0.39 is 0 Å². The fourth-order valence-corrected chi connectivity index (χ4v) is 3.31. The van der Waals surface area contributed by atoms with Gasteiger partial charge >= 0.3 is 0 Å². The summed E-state index contributed by atoms with van der Waals surface area (Å²) < 4.78 is 4.68. The smallest absolute Gasteiger partial charge is 0.0399 e. The molecule has 0 radical (unpaired) electrons. The molecule has 0 N–H and O–H groups in total. The third kappa shape index (κ3) is 5.04. The van der Waals surface area contributed by atoms with Crippen LogP contribution in [0.4, 0.5) is 0 Å². The molecule has 0 aliphatic carbocycles. The minimum atomic E-state index is 1.03. The number of hydrogen-bond acceptors (Lipinski definition) is 0. The molecule has 0 unspecified atom stereocenters. The normalized spacial score (nSPS) is 9.20. The van der Waals surface area contributed by atoms with Gasteiger partial charge in [-0.15, -0.1) is 0 Å². The Kier molecular flexibility index (Phi) is 6.91. The van der Waals surface area contributed by atoms with Crippen molar-refractivity contribution in [2.24, 2.45) is 0 Å². The van der Waals surface area contributed by atoms with Gasteiger partial charge < -0.3 is 0 Å². The summed E-state index contributed by atoms with van der Waals surface area (Å²) in [6.07, 6.45) is 0. The standard InChI is InChI=1S/C16H6I4/c17-13-5-7-15(19)11(9-13)3-1-2-4-12-10-14(18)6-8-16(12)20/h5-10H. The number of halogens is 4. The first-order chi connectivity index (χ1) is 9.56. The lowest BCUT2D eigenvalue weighted by Crippen LogP contribution is -1.83. The van der Waals surface area contributed by atoms with Crippen molar-refractivity contribution in [1.82, 2.24) is 0 Å². The Bertz CT molecular complexity index is 703. The van der Waals surface area contributed by atoms with Gasteiger partial charge in [-0.05, 0) is 139 Å². The van der Waals surface area contributed by atoms with Gasteiger partial charge in [0.05, 0.1) is 0 Å². The molecule has 0 nitrogen and oxygen atoms in total. The molecule has 0 aliphatic heterocycles. The molecule has 2 aromatic carbocycles. The first-order valence-corrected chi connectivity index (χ1v) is 9.80. The van der Waals surface area contributed by atoms with Gasteiger partial charge in [0.2, 0.25) is 0 Å². The Morgan fingerprint density at radius 1 is 0.600 bits per heavy atom. The van der Waals surface area contributed by atoms with E-state index in [1.807, 2.05) is 0 Å². The predicted octanol–water partition coefficient (Wildman–Crippen LogP) is 5.51. The molecule has 0 saturated carbocycles. The average Bonchev–Trinajstić information content (AvgIpc) is 2.42. The highest BCUT2D eigenvalue weighted by Gasteiger charge is 1.97. The number of hydrogen-bond donors (Lipinski definition) is 0. The van der Waals surface area contributed by atoms with Crippen molar-refractivity contribution in [3.63, 3.8) is 0 Å². The van der Waals surface area contributed by atoms with Crippen molar-refractivity contribution in [3.05, 3.63) is 61.8 Å². The summed E-state index contributed by atoms with van der Waals surface area (Å²) in [6, 6.07) is 12.4. The van der Waals surface area contributed by atoms with E-state index in [-0.39, 0.29) is 0 Å². The molecule has 0 aromatic heterocycles. The van der Waals surface area contributed by atoms with Crippen LogP contribution in [0.15, 0.2) is 36.4 Å². The zero-order valence-electron chi connectivity index (χ0n) is 9.98. The lowest BCUT2D eigenvalue weighted by molar-refractivity contribution is 1.54. The lowest BCUT2D eigenvalue weighted by atomic mass is 10.2. The highest BCUT2D eigenvalue weighted by molar-refractivity contribution is 14.1. The first kappa shape index (κ1) is 16.8. The van der Waals surface area contributed by atoms with E-state index in [0.29, 0.717) is 0 Å². The van der Waals surface area contributed by atoms with Crippen LogP contribution < -0.4 is 0 Å². The molecule has 98 valence electrons. The van der Waals surface area contributed by atoms with Crippen molar-refractivity contribution in [2.45, 2.75) is 0 Å². The summed E-state index contributed by atoms with van der Waals surface area (Å²) in [4.78, 5) is 0. The zero-order valence-corrected chi connectivity index (χ0v) is 18.6. The van der Waals surface area contributed by atoms with Gasteiger partial charge in [0.15, 0.2) is 0 Å². The molecule has 0 aliphatic rings. The second-order valence-corrected chi connectivity index (χ2v) is 8.56. The maximum absolute atomic E-state index is 3.12. The van der Waals surface area contributed by atoms with Crippen LogP contribution in [-0.4, -0.2) is 0 Å². The molecule has 0 heterocycles. The molecule has 0 bridgehead atoms. The van der Waals surface area contributed by atoms with E-state index in [2.05, 4.69) is 150 Å². The average molecular weight is 706 g/mol. The van der Waals surface area contributed by atoms with Crippen LogP contribution in [0.3, 0.4) is 0 Å². The van der Waals surface area contributed by atoms with Gasteiger partial charge in [-0.25, -0.2) is 0 Å². The van der Waals surface area contributed by atoms with E-state index in [1.165, 1.54) is 7.14 Å². The summed E-state index contributed by atoms with van der Waals surface area (Å²) >= 11 is 9.17. The summed E-state index contributed by atoms with van der Waals surface area (Å²) in [5.74, 6) is 12.1. The minimum absolute atomic E-state index is 1.03. The zero-order chi connectivity index (χ0) is 14.5. The predicted molar refractivity (Wildman–Crippen MR) is 118 cm³/mol. The van der Waals surface area contributed by atoms with Crippen LogP contribution in [-0.2, 0) is 0 Å². The van der Waals surface area contributed by atoms with Crippen LogP contribution in [0.1, 0.15) is 11.1 Å². The van der Waals surface area contributed by atoms with Crippen molar-refractivity contribution in [3.8, 4) is 23.7 Å². The largest absolute Gasteiger partial charge is 0.0517 e. The molecule has 2 aromatic rings. The van der Waals surface area contributed by atoms with E-state index >= 15 is 0 Å². The van der Waals surface area contributed by atoms with E-state index in [4.69, 9.17) is 0 Å². The summed E-state index contributed by atoms with van der Waals surface area (Å²) in [7, 11) is 0. The second kappa shape index (κ2) is 8.20. The Hall–Kier alpha value is 0.480. The Balaban J connectivity index is 2.26. The van der Waals surface area contributed by atoms with E-state index in [1.54, 1.807) is 0 Å². The van der Waals surface area contributed by atoms with Gasteiger partial charge in [0, 0.05) is 25.4 Å². The summed E-state index contributed by atoms with van der Waals surface area (Å²) in [6.45, 7) is 0. The van der Waals surface area contributed by atoms with E-state index in [0.717, 1.165) is 18.3 Å². The molecule has 0 spiro atoms. The van der Waals surface area contributed by atoms with Gasteiger partial charge in [-0.2, -0.15) is 0 Å².